The van der Waals surface area contributed by atoms with Gasteiger partial charge >= 0.3 is 0 Å². The number of halogens is 1. The number of alkyl halides is 1. The molecular weight excluding hydrogens is 572 g/mol. The van der Waals surface area contributed by atoms with Crippen molar-refractivity contribution in [3.05, 3.63) is 70.3 Å². The summed E-state index contributed by atoms with van der Waals surface area (Å²) < 4.78 is 28.3. The van der Waals surface area contributed by atoms with Gasteiger partial charge in [0.25, 0.3) is 5.69 Å². The number of carbonyl (C=O) groups excluding carboxylic acids is 2. The van der Waals surface area contributed by atoms with Gasteiger partial charge in [0.2, 0.25) is 21.8 Å². The van der Waals surface area contributed by atoms with Gasteiger partial charge in [0.1, 0.15) is 11.9 Å². The number of amides is 2. The first-order valence-corrected chi connectivity index (χ1v) is 15.2. The molecule has 226 valence electrons. The Morgan fingerprint density at radius 1 is 1.02 bits per heavy atom. The first-order chi connectivity index (χ1) is 19.1. The second kappa shape index (κ2) is 14.7. The normalized spacial score (nSPS) is 14.4. The number of aliphatic hydroxyl groups is 1. The molecular formula is C28H39ClN4O7S. The highest BCUT2D eigenvalue weighted by Crippen LogP contribution is 2.23. The number of nitro benzene ring substituents is 1. The molecule has 0 aliphatic heterocycles. The predicted octanol–water partition coefficient (Wildman–Crippen LogP) is 3.10. The lowest BCUT2D eigenvalue weighted by atomic mass is 9.85. The Hall–Kier alpha value is -3.06. The van der Waals surface area contributed by atoms with E-state index in [4.69, 9.17) is 11.6 Å². The molecule has 0 aliphatic carbocycles. The molecule has 0 aliphatic rings. The van der Waals surface area contributed by atoms with Gasteiger partial charge in [-0.1, -0.05) is 65.0 Å². The first-order valence-electron chi connectivity index (χ1n) is 13.2. The van der Waals surface area contributed by atoms with Gasteiger partial charge in [-0.25, -0.2) is 8.42 Å². The van der Waals surface area contributed by atoms with Gasteiger partial charge in [-0.15, -0.1) is 11.6 Å². The van der Waals surface area contributed by atoms with E-state index in [1.54, 1.807) is 20.8 Å². The fraction of sp³-hybridized carbons (Fsp3) is 0.500. The van der Waals surface area contributed by atoms with E-state index in [1.807, 2.05) is 44.2 Å². The largest absolute Gasteiger partial charge is 0.390 e. The van der Waals surface area contributed by atoms with Crippen LogP contribution in [-0.2, 0) is 26.0 Å². The number of sulfonamides is 1. The van der Waals surface area contributed by atoms with Crippen LogP contribution in [0.2, 0.25) is 0 Å². The first kappa shape index (κ1) is 34.1. The van der Waals surface area contributed by atoms with E-state index in [0.29, 0.717) is 0 Å². The molecule has 13 heteroatoms. The van der Waals surface area contributed by atoms with Crippen LogP contribution in [0.3, 0.4) is 0 Å². The summed E-state index contributed by atoms with van der Waals surface area (Å²) >= 11 is 5.65. The third-order valence-corrected chi connectivity index (χ3v) is 8.38. The zero-order chi connectivity index (χ0) is 31.0. The maximum Gasteiger partial charge on any atom is 0.269 e. The minimum Gasteiger partial charge on any atom is -0.390 e. The van der Waals surface area contributed by atoms with E-state index in [0.717, 1.165) is 34.1 Å². The van der Waals surface area contributed by atoms with Crippen molar-refractivity contribution in [2.75, 3.05) is 19.0 Å². The summed E-state index contributed by atoms with van der Waals surface area (Å²) in [5, 5.41) is 27.9. The molecule has 0 spiro atoms. The SMILES string of the molecule is CC(C)CN(C[C@@H](O)[C@H](Cc1ccccc1)NC(=O)[C@@H](NC(=O)CCl)C(C)(C)C)S(=O)(=O)c1ccc([N+](=O)[O-])cc1. The average Bonchev–Trinajstić information content (AvgIpc) is 2.90. The van der Waals surface area contributed by atoms with Crippen LogP contribution < -0.4 is 10.6 Å². The molecule has 0 saturated heterocycles. The lowest BCUT2D eigenvalue weighted by molar-refractivity contribution is -0.384. The number of nitrogens with zero attached hydrogens (tertiary/aromatic N) is 2. The number of aliphatic hydroxyl groups excluding tert-OH is 1. The number of benzene rings is 2. The second-order valence-corrected chi connectivity index (χ2v) is 13.5. The van der Waals surface area contributed by atoms with Crippen molar-refractivity contribution >= 4 is 39.1 Å². The molecule has 0 aromatic heterocycles. The van der Waals surface area contributed by atoms with Gasteiger partial charge in [0.05, 0.1) is 22.0 Å². The number of nitro groups is 1. The van der Waals surface area contributed by atoms with Crippen LogP contribution in [-0.4, -0.2) is 71.7 Å². The van der Waals surface area contributed by atoms with Crippen molar-refractivity contribution in [1.82, 2.24) is 14.9 Å². The summed E-state index contributed by atoms with van der Waals surface area (Å²) in [4.78, 5) is 35.8. The molecule has 2 aromatic carbocycles. The number of non-ortho nitro benzene ring substituents is 1. The van der Waals surface area contributed by atoms with E-state index >= 15 is 0 Å². The van der Waals surface area contributed by atoms with E-state index in [2.05, 4.69) is 10.6 Å². The second-order valence-electron chi connectivity index (χ2n) is 11.3. The van der Waals surface area contributed by atoms with Gasteiger partial charge in [-0.3, -0.25) is 19.7 Å². The van der Waals surface area contributed by atoms with E-state index < -0.39 is 50.4 Å². The van der Waals surface area contributed by atoms with Crippen molar-refractivity contribution in [1.29, 1.82) is 0 Å². The Morgan fingerprint density at radius 2 is 1.61 bits per heavy atom. The van der Waals surface area contributed by atoms with Gasteiger partial charge in [0.15, 0.2) is 0 Å². The third-order valence-electron chi connectivity index (χ3n) is 6.29. The van der Waals surface area contributed by atoms with Crippen molar-refractivity contribution in [3.8, 4) is 0 Å². The van der Waals surface area contributed by atoms with Gasteiger partial charge in [-0.05, 0) is 35.4 Å². The summed E-state index contributed by atoms with van der Waals surface area (Å²) in [7, 11) is -4.16. The maximum atomic E-state index is 13.6. The Balaban J connectivity index is 2.42. The van der Waals surface area contributed by atoms with Crippen LogP contribution in [0, 0.1) is 21.4 Å². The minimum atomic E-state index is -4.16. The molecule has 2 aromatic rings. The maximum absolute atomic E-state index is 13.6. The van der Waals surface area contributed by atoms with Crippen molar-refractivity contribution in [3.63, 3.8) is 0 Å². The van der Waals surface area contributed by atoms with E-state index in [1.165, 1.54) is 0 Å². The molecule has 2 rings (SSSR count). The van der Waals surface area contributed by atoms with Crippen molar-refractivity contribution < 1.29 is 28.0 Å². The highest BCUT2D eigenvalue weighted by atomic mass is 35.5. The van der Waals surface area contributed by atoms with Gasteiger partial charge in [-0.2, -0.15) is 4.31 Å². The zero-order valence-electron chi connectivity index (χ0n) is 23.9. The van der Waals surface area contributed by atoms with Crippen LogP contribution in [0.25, 0.3) is 0 Å². The van der Waals surface area contributed by atoms with Crippen LogP contribution in [0.1, 0.15) is 40.2 Å². The standard InChI is InChI=1S/C28H39ClN4O7S/c1-19(2)17-32(41(39,40)22-13-11-21(12-14-22)33(37)38)18-24(34)23(15-20-9-7-6-8-10-20)30-27(36)26(28(3,4)5)31-25(35)16-29/h6-14,19,23-24,26,34H,15-18H2,1-5H3,(H,30,36)(H,31,35)/t23-,24+,26+/m0/s1. The molecule has 0 heterocycles. The number of carbonyl (C=O) groups is 2. The smallest absolute Gasteiger partial charge is 0.269 e. The summed E-state index contributed by atoms with van der Waals surface area (Å²) in [5.74, 6) is -1.53. The number of nitrogens with one attached hydrogen (secondary N) is 2. The van der Waals surface area contributed by atoms with Gasteiger partial charge < -0.3 is 15.7 Å². The Kier molecular flexibility index (Phi) is 12.3. The highest BCUT2D eigenvalue weighted by Gasteiger charge is 2.36. The Labute approximate surface area is 246 Å². The Bertz CT molecular complexity index is 1280. The highest BCUT2D eigenvalue weighted by molar-refractivity contribution is 7.89. The van der Waals surface area contributed by atoms with E-state index in [9.17, 15) is 33.2 Å². The van der Waals surface area contributed by atoms with Crippen LogP contribution in [0.4, 0.5) is 5.69 Å². The zero-order valence-corrected chi connectivity index (χ0v) is 25.5. The monoisotopic (exact) mass is 610 g/mol. The lowest BCUT2D eigenvalue weighted by Gasteiger charge is -2.34. The molecule has 0 fully saturated rings. The van der Waals surface area contributed by atoms with Crippen molar-refractivity contribution in [2.24, 2.45) is 11.3 Å². The summed E-state index contributed by atoms with van der Waals surface area (Å²) in [6.07, 6.45) is -1.17. The quantitative estimate of drug-likeness (QED) is 0.168. The molecule has 3 atom stereocenters. The number of rotatable bonds is 14. The molecule has 0 bridgehead atoms. The molecule has 11 nitrogen and oxygen atoms in total. The van der Waals surface area contributed by atoms with Crippen LogP contribution in [0.5, 0.6) is 0 Å². The fourth-order valence-corrected chi connectivity index (χ4v) is 5.89. The Morgan fingerprint density at radius 3 is 2.10 bits per heavy atom. The average molecular weight is 611 g/mol. The van der Waals surface area contributed by atoms with Crippen molar-refractivity contribution in [2.45, 2.75) is 64.1 Å². The number of hydrogen-bond acceptors (Lipinski definition) is 7. The molecule has 0 unspecified atom stereocenters. The lowest BCUT2D eigenvalue weighted by Crippen LogP contribution is -2.59. The van der Waals surface area contributed by atoms with E-state index in [-0.39, 0.29) is 41.9 Å². The topological polar surface area (TPSA) is 159 Å². The molecule has 3 N–H and O–H groups in total. The summed E-state index contributed by atoms with van der Waals surface area (Å²) in [6, 6.07) is 11.7. The summed E-state index contributed by atoms with van der Waals surface area (Å²) in [5.41, 5.74) is -0.154. The molecule has 2 amide bonds. The minimum absolute atomic E-state index is 0.0543. The fourth-order valence-electron chi connectivity index (χ4n) is 4.20. The summed E-state index contributed by atoms with van der Waals surface area (Å²) in [6.45, 7) is 8.66. The molecule has 0 saturated carbocycles. The molecule has 41 heavy (non-hydrogen) atoms. The van der Waals surface area contributed by atoms with Crippen LogP contribution in [0.15, 0.2) is 59.5 Å². The molecule has 0 radical (unpaired) electrons. The number of hydrogen-bond donors (Lipinski definition) is 3. The predicted molar refractivity (Wildman–Crippen MR) is 157 cm³/mol. The van der Waals surface area contributed by atoms with Gasteiger partial charge in [0, 0.05) is 25.2 Å². The van der Waals surface area contributed by atoms with Crippen LogP contribution >= 0.6 is 11.6 Å². The third kappa shape index (κ3) is 10.1.